The Morgan fingerprint density at radius 1 is 1.15 bits per heavy atom. The van der Waals surface area contributed by atoms with E-state index in [0.29, 0.717) is 0 Å². The van der Waals surface area contributed by atoms with Crippen molar-refractivity contribution in [1.29, 1.82) is 0 Å². The van der Waals surface area contributed by atoms with Gasteiger partial charge in [-0.1, -0.05) is 12.1 Å². The highest BCUT2D eigenvalue weighted by Crippen LogP contribution is 2.17. The second-order valence-corrected chi connectivity index (χ2v) is 5.95. The third-order valence-corrected chi connectivity index (χ3v) is 2.64. The van der Waals surface area contributed by atoms with E-state index in [1.54, 1.807) is 20.8 Å². The second kappa shape index (κ2) is 6.55. The van der Waals surface area contributed by atoms with Crippen molar-refractivity contribution in [3.63, 3.8) is 0 Å². The molecule has 0 spiro atoms. The van der Waals surface area contributed by atoms with Crippen LogP contribution < -0.4 is 5.32 Å². The number of rotatable bonds is 4. The number of nitrogens with one attached hydrogen (secondary N) is 1. The van der Waals surface area contributed by atoms with Gasteiger partial charge >= 0.3 is 5.97 Å². The molecule has 0 atom stereocenters. The van der Waals surface area contributed by atoms with Gasteiger partial charge in [-0.3, -0.25) is 9.59 Å². The van der Waals surface area contributed by atoms with Crippen molar-refractivity contribution in [1.82, 2.24) is 0 Å². The summed E-state index contributed by atoms with van der Waals surface area (Å²) < 4.78 is 5.16. The number of ether oxygens (including phenoxy) is 1. The van der Waals surface area contributed by atoms with Gasteiger partial charge in [0.15, 0.2) is 0 Å². The Morgan fingerprint density at radius 3 is 2.40 bits per heavy atom. The minimum atomic E-state index is -0.513. The average molecular weight is 277 g/mol. The quantitative estimate of drug-likeness (QED) is 0.858. The molecule has 0 saturated carbocycles. The lowest BCUT2D eigenvalue weighted by atomic mass is 10.1. The van der Waals surface area contributed by atoms with Crippen LogP contribution in [0.25, 0.3) is 0 Å². The summed E-state index contributed by atoms with van der Waals surface area (Å²) in [4.78, 5) is 23.4. The topological polar surface area (TPSA) is 55.4 Å². The van der Waals surface area contributed by atoms with Gasteiger partial charge in [0.25, 0.3) is 0 Å². The molecule has 0 bridgehead atoms. The summed E-state index contributed by atoms with van der Waals surface area (Å²) in [5.41, 5.74) is 2.36. The van der Waals surface area contributed by atoms with Crippen LogP contribution in [-0.2, 0) is 14.3 Å². The third-order valence-electron chi connectivity index (χ3n) is 2.64. The van der Waals surface area contributed by atoms with Crippen molar-refractivity contribution in [3.05, 3.63) is 29.3 Å². The predicted molar refractivity (Wildman–Crippen MR) is 79.6 cm³/mol. The molecule has 1 aromatic rings. The van der Waals surface area contributed by atoms with Crippen LogP contribution in [0, 0.1) is 13.8 Å². The molecule has 4 nitrogen and oxygen atoms in total. The molecule has 1 aromatic carbocycles. The summed E-state index contributed by atoms with van der Waals surface area (Å²) >= 11 is 0. The third kappa shape index (κ3) is 5.87. The predicted octanol–water partition coefficient (Wildman–Crippen LogP) is 3.36. The number of anilines is 1. The first-order valence-corrected chi connectivity index (χ1v) is 6.76. The first-order valence-electron chi connectivity index (χ1n) is 6.76. The second-order valence-electron chi connectivity index (χ2n) is 5.95. The molecule has 1 amide bonds. The lowest BCUT2D eigenvalue weighted by Gasteiger charge is -2.19. The van der Waals surface area contributed by atoms with Crippen molar-refractivity contribution in [2.45, 2.75) is 53.1 Å². The highest BCUT2D eigenvalue weighted by Gasteiger charge is 2.17. The van der Waals surface area contributed by atoms with Gasteiger partial charge in [0.2, 0.25) is 5.91 Å². The Bertz CT molecular complexity index is 501. The molecule has 0 radical (unpaired) electrons. The van der Waals surface area contributed by atoms with E-state index in [4.69, 9.17) is 4.74 Å². The number of carbonyl (C=O) groups excluding carboxylic acids is 2. The van der Waals surface area contributed by atoms with Crippen LogP contribution >= 0.6 is 0 Å². The van der Waals surface area contributed by atoms with Gasteiger partial charge in [0, 0.05) is 12.1 Å². The maximum Gasteiger partial charge on any atom is 0.306 e. The molecule has 0 aliphatic carbocycles. The number of benzene rings is 1. The van der Waals surface area contributed by atoms with Crippen molar-refractivity contribution >= 4 is 17.6 Å². The molecule has 0 aliphatic rings. The molecule has 4 heteroatoms. The number of hydrogen-bond donors (Lipinski definition) is 1. The summed E-state index contributed by atoms with van der Waals surface area (Å²) in [6, 6.07) is 5.87. The highest BCUT2D eigenvalue weighted by atomic mass is 16.6. The smallest absolute Gasteiger partial charge is 0.306 e. The van der Waals surface area contributed by atoms with E-state index in [1.807, 2.05) is 32.0 Å². The fourth-order valence-corrected chi connectivity index (χ4v) is 1.69. The number of carbonyl (C=O) groups is 2. The Kier molecular flexibility index (Phi) is 5.31. The Labute approximate surface area is 120 Å². The molecule has 0 aromatic heterocycles. The molecule has 0 aliphatic heterocycles. The molecular weight excluding hydrogens is 254 g/mol. The molecule has 1 rings (SSSR count). The van der Waals surface area contributed by atoms with Crippen LogP contribution in [-0.4, -0.2) is 17.5 Å². The van der Waals surface area contributed by atoms with Gasteiger partial charge in [-0.25, -0.2) is 0 Å². The Balaban J connectivity index is 2.48. The largest absolute Gasteiger partial charge is 0.460 e. The van der Waals surface area contributed by atoms with E-state index in [2.05, 4.69) is 5.32 Å². The highest BCUT2D eigenvalue weighted by molar-refractivity contribution is 5.93. The molecule has 110 valence electrons. The zero-order valence-electron chi connectivity index (χ0n) is 12.9. The van der Waals surface area contributed by atoms with Crippen LogP contribution in [0.15, 0.2) is 18.2 Å². The van der Waals surface area contributed by atoms with Gasteiger partial charge in [0.1, 0.15) is 5.60 Å². The van der Waals surface area contributed by atoms with E-state index in [9.17, 15) is 9.59 Å². The zero-order valence-corrected chi connectivity index (χ0v) is 12.9. The van der Waals surface area contributed by atoms with Crippen LogP contribution in [0.3, 0.4) is 0 Å². The maximum atomic E-state index is 11.8. The van der Waals surface area contributed by atoms with Crippen LogP contribution in [0.2, 0.25) is 0 Å². The standard InChI is InChI=1S/C16H23NO3/c1-11-6-7-12(2)13(10-11)17-14(18)8-9-15(19)20-16(3,4)5/h6-7,10H,8-9H2,1-5H3,(H,17,18). The monoisotopic (exact) mass is 277 g/mol. The van der Waals surface area contributed by atoms with Gasteiger partial charge in [-0.05, 0) is 51.8 Å². The van der Waals surface area contributed by atoms with Gasteiger partial charge in [-0.15, -0.1) is 0 Å². The van der Waals surface area contributed by atoms with Crippen molar-refractivity contribution < 1.29 is 14.3 Å². The SMILES string of the molecule is Cc1ccc(C)c(NC(=O)CCC(=O)OC(C)(C)C)c1. The number of esters is 1. The lowest BCUT2D eigenvalue weighted by molar-refractivity contribution is -0.155. The molecular formula is C16H23NO3. The van der Waals surface area contributed by atoms with Crippen LogP contribution in [0.1, 0.15) is 44.7 Å². The Morgan fingerprint density at radius 2 is 1.80 bits per heavy atom. The van der Waals surface area contributed by atoms with Crippen LogP contribution in [0.4, 0.5) is 5.69 Å². The van der Waals surface area contributed by atoms with Gasteiger partial charge in [0.05, 0.1) is 6.42 Å². The van der Waals surface area contributed by atoms with Gasteiger partial charge < -0.3 is 10.1 Å². The first kappa shape index (κ1) is 16.2. The van der Waals surface area contributed by atoms with E-state index in [-0.39, 0.29) is 24.7 Å². The van der Waals surface area contributed by atoms with Crippen molar-refractivity contribution in [2.75, 3.05) is 5.32 Å². The first-order chi connectivity index (χ1) is 9.17. The molecule has 0 heterocycles. The molecule has 20 heavy (non-hydrogen) atoms. The number of amides is 1. The molecule has 0 saturated heterocycles. The number of hydrogen-bond acceptors (Lipinski definition) is 3. The normalized spacial score (nSPS) is 11.1. The fourth-order valence-electron chi connectivity index (χ4n) is 1.69. The lowest BCUT2D eigenvalue weighted by Crippen LogP contribution is -2.24. The van der Waals surface area contributed by atoms with E-state index >= 15 is 0 Å². The molecule has 1 N–H and O–H groups in total. The Hall–Kier alpha value is -1.84. The average Bonchev–Trinajstić information content (AvgIpc) is 2.29. The fraction of sp³-hybridized carbons (Fsp3) is 0.500. The molecule has 0 unspecified atom stereocenters. The van der Waals surface area contributed by atoms with Crippen molar-refractivity contribution in [2.24, 2.45) is 0 Å². The van der Waals surface area contributed by atoms with E-state index < -0.39 is 5.60 Å². The summed E-state index contributed by atoms with van der Waals surface area (Å²) in [6.45, 7) is 9.32. The summed E-state index contributed by atoms with van der Waals surface area (Å²) in [5.74, 6) is -0.529. The van der Waals surface area contributed by atoms with Crippen LogP contribution in [0.5, 0.6) is 0 Å². The zero-order chi connectivity index (χ0) is 15.3. The van der Waals surface area contributed by atoms with E-state index in [0.717, 1.165) is 16.8 Å². The minimum absolute atomic E-state index is 0.0912. The van der Waals surface area contributed by atoms with Crippen molar-refractivity contribution in [3.8, 4) is 0 Å². The number of aryl methyl sites for hydroxylation is 2. The summed E-state index contributed by atoms with van der Waals surface area (Å²) in [6.07, 6.45) is 0.219. The maximum absolute atomic E-state index is 11.8. The van der Waals surface area contributed by atoms with E-state index in [1.165, 1.54) is 0 Å². The summed E-state index contributed by atoms with van der Waals surface area (Å²) in [7, 11) is 0. The summed E-state index contributed by atoms with van der Waals surface area (Å²) in [5, 5.41) is 2.82. The molecule has 0 fully saturated rings. The minimum Gasteiger partial charge on any atom is -0.460 e. The van der Waals surface area contributed by atoms with Gasteiger partial charge in [-0.2, -0.15) is 0 Å².